The number of methoxy groups -OCH3 is 1. The summed E-state index contributed by atoms with van der Waals surface area (Å²) in [6.07, 6.45) is -1.20. The van der Waals surface area contributed by atoms with Crippen LogP contribution in [0.4, 0.5) is 24.5 Å². The Morgan fingerprint density at radius 2 is 1.79 bits per heavy atom. The van der Waals surface area contributed by atoms with Crippen LogP contribution in [-0.4, -0.2) is 71.9 Å². The van der Waals surface area contributed by atoms with Crippen LogP contribution in [0.5, 0.6) is 11.6 Å². The number of nitrogens with zero attached hydrogens (tertiary/aromatic N) is 4. The van der Waals surface area contributed by atoms with Crippen molar-refractivity contribution >= 4 is 29.0 Å². The quantitative estimate of drug-likeness (QED) is 0.245. The van der Waals surface area contributed by atoms with Crippen molar-refractivity contribution in [2.75, 3.05) is 38.2 Å². The molecule has 0 radical (unpaired) electrons. The monoisotopic (exact) mass is 554 g/mol. The molecule has 1 saturated heterocycles. The maximum atomic E-state index is 13.3. The van der Waals surface area contributed by atoms with Gasteiger partial charge in [-0.3, -0.25) is 15.0 Å². The Bertz CT molecular complexity index is 1110. The van der Waals surface area contributed by atoms with Crippen molar-refractivity contribution in [2.24, 2.45) is 0 Å². The summed E-state index contributed by atoms with van der Waals surface area (Å²) in [6, 6.07) is 6.56. The molecule has 2 aliphatic rings. The molecule has 9 nitrogen and oxygen atoms in total. The molecule has 1 saturated carbocycles. The third-order valence-corrected chi connectivity index (χ3v) is 7.04. The molecule has 1 aromatic heterocycles. The lowest BCUT2D eigenvalue weighted by atomic mass is 9.95. The van der Waals surface area contributed by atoms with E-state index < -0.39 is 22.4 Å². The van der Waals surface area contributed by atoms with E-state index in [1.54, 1.807) is 18.7 Å². The minimum atomic E-state index is -4.85. The summed E-state index contributed by atoms with van der Waals surface area (Å²) in [5.41, 5.74) is -1.28. The predicted octanol–water partition coefficient (Wildman–Crippen LogP) is 4.87. The highest BCUT2D eigenvalue weighted by Gasteiger charge is 2.39. The average Bonchev–Trinajstić information content (AvgIpc) is 2.92. The Morgan fingerprint density at radius 1 is 1.11 bits per heavy atom. The molecule has 0 spiro atoms. The fraction of sp³-hybridized carbons (Fsp3) is 0.520. The van der Waals surface area contributed by atoms with Gasteiger partial charge in [0.1, 0.15) is 17.5 Å². The highest BCUT2D eigenvalue weighted by Crippen LogP contribution is 2.39. The van der Waals surface area contributed by atoms with E-state index in [9.17, 15) is 23.3 Å². The first-order valence-corrected chi connectivity index (χ1v) is 12.8. The maximum Gasteiger partial charge on any atom is 0.423 e. The fourth-order valence-electron chi connectivity index (χ4n) is 4.77. The summed E-state index contributed by atoms with van der Waals surface area (Å²) < 4.78 is 56.9. The van der Waals surface area contributed by atoms with Crippen LogP contribution in [0.1, 0.15) is 31.2 Å². The van der Waals surface area contributed by atoms with Crippen LogP contribution in [0.25, 0.3) is 0 Å². The largest absolute Gasteiger partial charge is 0.490 e. The molecule has 2 heterocycles. The van der Waals surface area contributed by atoms with E-state index in [1.165, 1.54) is 6.07 Å². The van der Waals surface area contributed by atoms with Crippen molar-refractivity contribution in [2.45, 2.75) is 50.3 Å². The number of aromatic nitrogens is 1. The second-order valence-corrected chi connectivity index (χ2v) is 9.47. The van der Waals surface area contributed by atoms with Gasteiger partial charge in [-0.25, -0.2) is 4.98 Å². The van der Waals surface area contributed by atoms with Gasteiger partial charge in [0.25, 0.3) is 5.69 Å². The first-order chi connectivity index (χ1) is 18.2. The van der Waals surface area contributed by atoms with E-state index in [4.69, 9.17) is 26.4 Å². The number of hydrogen-bond acceptors (Lipinski definition) is 9. The molecule has 0 bridgehead atoms. The minimum Gasteiger partial charge on any atom is -0.490 e. The topological polar surface area (TPSA) is 90.2 Å². The van der Waals surface area contributed by atoms with Crippen molar-refractivity contribution < 1.29 is 32.3 Å². The molecule has 0 amide bonds. The van der Waals surface area contributed by atoms with Gasteiger partial charge in [-0.15, -0.1) is 0 Å². The zero-order chi connectivity index (χ0) is 27.3. The summed E-state index contributed by atoms with van der Waals surface area (Å²) in [6.45, 7) is 3.13. The predicted molar refractivity (Wildman–Crippen MR) is 138 cm³/mol. The lowest BCUT2D eigenvalue weighted by Gasteiger charge is -2.40. The standard InChI is InChI=1S/C25H29F3N4O5S/c1-35-23-9-2-17(15-29-23)30-10-12-31(13-11-30)24(16-38)37-19-5-3-18(4-6-19)36-20-7-8-22(32(33)34)21(14-20)25(26,27)28/h2,7-9,14-16,18-19,24H,3-6,10-13H2,1H3. The van der Waals surface area contributed by atoms with Gasteiger partial charge in [0.15, 0.2) is 0 Å². The van der Waals surface area contributed by atoms with Crippen LogP contribution in [-0.2, 0) is 10.9 Å². The Labute approximate surface area is 223 Å². The smallest absolute Gasteiger partial charge is 0.423 e. The van der Waals surface area contributed by atoms with Crippen LogP contribution in [0, 0.1) is 10.1 Å². The lowest BCUT2D eigenvalue weighted by molar-refractivity contribution is -0.388. The second-order valence-electron chi connectivity index (χ2n) is 9.19. The molecule has 2 fully saturated rings. The molecule has 1 aromatic carbocycles. The minimum absolute atomic E-state index is 0.0333. The number of ether oxygens (including phenoxy) is 3. The number of piperazine rings is 1. The van der Waals surface area contributed by atoms with E-state index in [0.29, 0.717) is 37.6 Å². The van der Waals surface area contributed by atoms with Gasteiger partial charge >= 0.3 is 6.18 Å². The number of nitro benzene ring substituents is 1. The second kappa shape index (κ2) is 12.2. The van der Waals surface area contributed by atoms with Crippen molar-refractivity contribution in [3.05, 3.63) is 52.2 Å². The zero-order valence-corrected chi connectivity index (χ0v) is 21.6. The summed E-state index contributed by atoms with van der Waals surface area (Å²) >= 11 is 5.26. The first-order valence-electron chi connectivity index (χ1n) is 12.3. The van der Waals surface area contributed by atoms with Crippen molar-refractivity contribution in [1.82, 2.24) is 9.88 Å². The third kappa shape index (κ3) is 6.88. The maximum absolute atomic E-state index is 13.3. The van der Waals surface area contributed by atoms with Crippen molar-refractivity contribution in [3.8, 4) is 11.6 Å². The Kier molecular flexibility index (Phi) is 9.00. The molecule has 1 aliphatic carbocycles. The lowest BCUT2D eigenvalue weighted by Crippen LogP contribution is -2.52. The van der Waals surface area contributed by atoms with Crippen LogP contribution in [0.15, 0.2) is 36.5 Å². The van der Waals surface area contributed by atoms with Crippen molar-refractivity contribution in [3.63, 3.8) is 0 Å². The molecule has 2 aromatic rings. The summed E-state index contributed by atoms with van der Waals surface area (Å²) in [7, 11) is 1.58. The number of halogens is 3. The van der Waals surface area contributed by atoms with Crippen LogP contribution < -0.4 is 14.4 Å². The molecule has 1 aliphatic heterocycles. The summed E-state index contributed by atoms with van der Waals surface area (Å²) in [5, 5.41) is 12.6. The number of alkyl halides is 3. The van der Waals surface area contributed by atoms with E-state index in [-0.39, 0.29) is 24.2 Å². The number of hydrogen-bond donors (Lipinski definition) is 0. The normalized spacial score (nSPS) is 21.5. The Morgan fingerprint density at radius 3 is 2.34 bits per heavy atom. The molecule has 206 valence electrons. The fourth-order valence-corrected chi connectivity index (χ4v) is 5.01. The average molecular weight is 555 g/mol. The van der Waals surface area contributed by atoms with E-state index in [1.807, 2.05) is 12.1 Å². The van der Waals surface area contributed by atoms with Gasteiger partial charge in [-0.05, 0) is 43.9 Å². The number of anilines is 1. The van der Waals surface area contributed by atoms with Gasteiger partial charge in [-0.2, -0.15) is 13.2 Å². The SMILES string of the molecule is COc1ccc(N2CCN(C(C=S)OC3CCC(Oc4ccc([N+](=O)[O-])c(C(F)(F)F)c4)CC3)CC2)cn1. The number of nitro groups is 1. The van der Waals surface area contributed by atoms with Crippen LogP contribution in [0.2, 0.25) is 0 Å². The molecule has 1 atom stereocenters. The van der Waals surface area contributed by atoms with E-state index in [0.717, 1.165) is 37.9 Å². The summed E-state index contributed by atoms with van der Waals surface area (Å²) in [5.74, 6) is 0.537. The third-order valence-electron chi connectivity index (χ3n) is 6.81. The van der Waals surface area contributed by atoms with Gasteiger partial charge in [-0.1, -0.05) is 12.2 Å². The summed E-state index contributed by atoms with van der Waals surface area (Å²) in [4.78, 5) is 18.6. The molecule has 1 unspecified atom stereocenters. The van der Waals surface area contributed by atoms with Gasteiger partial charge in [0.2, 0.25) is 5.88 Å². The zero-order valence-electron chi connectivity index (χ0n) is 20.8. The Hall–Kier alpha value is -3.03. The highest BCUT2D eigenvalue weighted by molar-refractivity contribution is 7.79. The molecule has 4 rings (SSSR count). The molecule has 38 heavy (non-hydrogen) atoms. The molecular weight excluding hydrogens is 525 g/mol. The van der Waals surface area contributed by atoms with Gasteiger partial charge in [0.05, 0.1) is 36.1 Å². The molecular formula is C25H29F3N4O5S. The highest BCUT2D eigenvalue weighted by atomic mass is 32.1. The van der Waals surface area contributed by atoms with Crippen molar-refractivity contribution in [1.29, 1.82) is 0 Å². The van der Waals surface area contributed by atoms with Crippen LogP contribution >= 0.6 is 12.2 Å². The first kappa shape index (κ1) is 28.0. The number of thiocarbonyl (C=S) groups is 1. The van der Waals surface area contributed by atoms with Gasteiger partial charge in [0, 0.05) is 43.7 Å². The molecule has 0 N–H and O–H groups in total. The number of rotatable bonds is 9. The van der Waals surface area contributed by atoms with Crippen LogP contribution in [0.3, 0.4) is 0 Å². The molecule has 13 heteroatoms. The van der Waals surface area contributed by atoms with E-state index in [2.05, 4.69) is 14.8 Å². The number of pyridine rings is 1. The van der Waals surface area contributed by atoms with Gasteiger partial charge < -0.3 is 19.1 Å². The van der Waals surface area contributed by atoms with E-state index >= 15 is 0 Å². The number of benzene rings is 1. The Balaban J connectivity index is 1.26.